The Morgan fingerprint density at radius 2 is 2.19 bits per heavy atom. The van der Waals surface area contributed by atoms with Crippen LogP contribution in [0.2, 0.25) is 0 Å². The van der Waals surface area contributed by atoms with Crippen LogP contribution in [0.3, 0.4) is 0 Å². The Kier molecular flexibility index (Phi) is 4.50. The number of nitrogens with two attached hydrogens (primary N) is 1. The van der Waals surface area contributed by atoms with Gasteiger partial charge in [0.1, 0.15) is 0 Å². The van der Waals surface area contributed by atoms with Crippen molar-refractivity contribution in [2.45, 2.75) is 38.6 Å². The number of benzene rings is 1. The minimum absolute atomic E-state index is 0.0203. The van der Waals surface area contributed by atoms with Crippen molar-refractivity contribution in [3.63, 3.8) is 0 Å². The molecule has 3 nitrogen and oxygen atoms in total. The standard InChI is InChI=1S/C13H19NO2/c1-3-11(12(14)8-13(15)16)10-6-4-5-9(2)7-10/h4-7,11-12H,3,8,14H2,1-2H3,(H,15,16). The molecule has 0 saturated carbocycles. The van der Waals surface area contributed by atoms with Crippen LogP contribution in [-0.2, 0) is 4.79 Å². The molecule has 3 N–H and O–H groups in total. The summed E-state index contributed by atoms with van der Waals surface area (Å²) in [6, 6.07) is 7.79. The van der Waals surface area contributed by atoms with Crippen LogP contribution in [0.1, 0.15) is 36.8 Å². The average molecular weight is 221 g/mol. The van der Waals surface area contributed by atoms with Crippen molar-refractivity contribution in [1.82, 2.24) is 0 Å². The number of aryl methyl sites for hydroxylation is 1. The molecular formula is C13H19NO2. The van der Waals surface area contributed by atoms with Gasteiger partial charge in [0, 0.05) is 6.04 Å². The largest absolute Gasteiger partial charge is 0.481 e. The molecule has 2 atom stereocenters. The minimum atomic E-state index is -0.835. The first-order chi connectivity index (χ1) is 7.54. The second-order valence-corrected chi connectivity index (χ2v) is 4.19. The maximum Gasteiger partial charge on any atom is 0.304 e. The highest BCUT2D eigenvalue weighted by Gasteiger charge is 2.20. The smallest absolute Gasteiger partial charge is 0.304 e. The maximum atomic E-state index is 10.6. The molecule has 16 heavy (non-hydrogen) atoms. The van der Waals surface area contributed by atoms with Gasteiger partial charge in [-0.3, -0.25) is 4.79 Å². The Bertz CT molecular complexity index is 363. The van der Waals surface area contributed by atoms with Crippen LogP contribution in [0, 0.1) is 6.92 Å². The van der Waals surface area contributed by atoms with Crippen LogP contribution in [0.5, 0.6) is 0 Å². The summed E-state index contributed by atoms with van der Waals surface area (Å²) in [6.45, 7) is 4.06. The summed E-state index contributed by atoms with van der Waals surface area (Å²) in [5.74, 6) is -0.713. The van der Waals surface area contributed by atoms with E-state index >= 15 is 0 Å². The zero-order chi connectivity index (χ0) is 12.1. The Morgan fingerprint density at radius 1 is 1.50 bits per heavy atom. The topological polar surface area (TPSA) is 63.3 Å². The van der Waals surface area contributed by atoms with Gasteiger partial charge in [-0.15, -0.1) is 0 Å². The summed E-state index contributed by atoms with van der Waals surface area (Å²) < 4.78 is 0. The number of carbonyl (C=O) groups is 1. The van der Waals surface area contributed by atoms with Gasteiger partial charge < -0.3 is 10.8 Å². The molecule has 0 spiro atoms. The van der Waals surface area contributed by atoms with Crippen LogP contribution in [0.25, 0.3) is 0 Å². The molecule has 0 aliphatic heterocycles. The lowest BCUT2D eigenvalue weighted by Crippen LogP contribution is -2.30. The highest BCUT2D eigenvalue weighted by atomic mass is 16.4. The van der Waals surface area contributed by atoms with Gasteiger partial charge in [0.05, 0.1) is 6.42 Å². The average Bonchev–Trinajstić information content (AvgIpc) is 2.17. The molecule has 0 aromatic heterocycles. The highest BCUT2D eigenvalue weighted by molar-refractivity contribution is 5.67. The van der Waals surface area contributed by atoms with Crippen molar-refractivity contribution in [3.8, 4) is 0 Å². The highest BCUT2D eigenvalue weighted by Crippen LogP contribution is 2.24. The van der Waals surface area contributed by atoms with Crippen molar-refractivity contribution in [3.05, 3.63) is 35.4 Å². The Hall–Kier alpha value is -1.35. The van der Waals surface area contributed by atoms with E-state index in [1.54, 1.807) is 0 Å². The van der Waals surface area contributed by atoms with Gasteiger partial charge in [-0.2, -0.15) is 0 Å². The number of carboxylic acids is 1. The molecule has 0 heterocycles. The fraction of sp³-hybridized carbons (Fsp3) is 0.462. The second-order valence-electron chi connectivity index (χ2n) is 4.19. The second kappa shape index (κ2) is 5.66. The van der Waals surface area contributed by atoms with Crippen LogP contribution >= 0.6 is 0 Å². The lowest BCUT2D eigenvalue weighted by molar-refractivity contribution is -0.137. The first-order valence-corrected chi connectivity index (χ1v) is 5.58. The summed E-state index contributed by atoms with van der Waals surface area (Å²) in [5.41, 5.74) is 8.25. The van der Waals surface area contributed by atoms with Gasteiger partial charge in [-0.25, -0.2) is 0 Å². The molecule has 88 valence electrons. The van der Waals surface area contributed by atoms with E-state index in [-0.39, 0.29) is 18.4 Å². The number of rotatable bonds is 5. The van der Waals surface area contributed by atoms with Crippen molar-refractivity contribution in [2.75, 3.05) is 0 Å². The molecular weight excluding hydrogens is 202 g/mol. The van der Waals surface area contributed by atoms with Crippen molar-refractivity contribution in [1.29, 1.82) is 0 Å². The van der Waals surface area contributed by atoms with Crippen molar-refractivity contribution >= 4 is 5.97 Å². The maximum absolute atomic E-state index is 10.6. The van der Waals surface area contributed by atoms with Gasteiger partial charge >= 0.3 is 5.97 Å². The summed E-state index contributed by atoms with van der Waals surface area (Å²) in [7, 11) is 0. The van der Waals surface area contributed by atoms with Gasteiger partial charge in [0.2, 0.25) is 0 Å². The summed E-state index contributed by atoms with van der Waals surface area (Å²) >= 11 is 0. The zero-order valence-electron chi connectivity index (χ0n) is 9.81. The molecule has 1 aromatic carbocycles. The molecule has 1 rings (SSSR count). The first kappa shape index (κ1) is 12.7. The molecule has 1 aromatic rings. The van der Waals surface area contributed by atoms with E-state index in [0.29, 0.717) is 0 Å². The molecule has 0 radical (unpaired) electrons. The Labute approximate surface area is 96.3 Å². The summed E-state index contributed by atoms with van der Waals surface area (Å²) in [4.78, 5) is 10.6. The van der Waals surface area contributed by atoms with E-state index in [0.717, 1.165) is 12.0 Å². The summed E-state index contributed by atoms with van der Waals surface area (Å²) in [6.07, 6.45) is 0.879. The van der Waals surface area contributed by atoms with Crippen LogP contribution in [0.4, 0.5) is 0 Å². The molecule has 0 fully saturated rings. The number of hydrogen-bond donors (Lipinski definition) is 2. The zero-order valence-corrected chi connectivity index (χ0v) is 9.81. The summed E-state index contributed by atoms with van der Waals surface area (Å²) in [5, 5.41) is 8.75. The minimum Gasteiger partial charge on any atom is -0.481 e. The Morgan fingerprint density at radius 3 is 2.69 bits per heavy atom. The monoisotopic (exact) mass is 221 g/mol. The lowest BCUT2D eigenvalue weighted by Gasteiger charge is -2.22. The quantitative estimate of drug-likeness (QED) is 0.801. The van der Waals surface area contributed by atoms with Crippen LogP contribution in [0.15, 0.2) is 24.3 Å². The Balaban J connectivity index is 2.85. The van der Waals surface area contributed by atoms with E-state index in [2.05, 4.69) is 6.07 Å². The molecule has 2 unspecified atom stereocenters. The van der Waals surface area contributed by atoms with Crippen molar-refractivity contribution in [2.24, 2.45) is 5.73 Å². The van der Waals surface area contributed by atoms with E-state index < -0.39 is 5.97 Å². The number of aliphatic carboxylic acids is 1. The molecule has 0 saturated heterocycles. The van der Waals surface area contributed by atoms with Gasteiger partial charge in [0.25, 0.3) is 0 Å². The van der Waals surface area contributed by atoms with Crippen molar-refractivity contribution < 1.29 is 9.90 Å². The predicted molar refractivity (Wildman–Crippen MR) is 64.4 cm³/mol. The predicted octanol–water partition coefficient (Wildman–Crippen LogP) is 2.29. The van der Waals surface area contributed by atoms with Crippen LogP contribution in [-0.4, -0.2) is 17.1 Å². The third-order valence-electron chi connectivity index (χ3n) is 2.84. The van der Waals surface area contributed by atoms with E-state index in [1.165, 1.54) is 5.56 Å². The van der Waals surface area contributed by atoms with E-state index in [4.69, 9.17) is 10.8 Å². The van der Waals surface area contributed by atoms with Gasteiger partial charge in [-0.1, -0.05) is 36.8 Å². The van der Waals surface area contributed by atoms with Gasteiger partial charge in [-0.05, 0) is 24.8 Å². The van der Waals surface area contributed by atoms with E-state index in [1.807, 2.05) is 32.0 Å². The third-order valence-corrected chi connectivity index (χ3v) is 2.84. The molecule has 0 aliphatic carbocycles. The molecule has 3 heteroatoms. The van der Waals surface area contributed by atoms with Crippen LogP contribution < -0.4 is 5.73 Å². The van der Waals surface area contributed by atoms with E-state index in [9.17, 15) is 4.79 Å². The first-order valence-electron chi connectivity index (χ1n) is 5.58. The molecule has 0 amide bonds. The number of hydrogen-bond acceptors (Lipinski definition) is 2. The molecule has 0 aliphatic rings. The fourth-order valence-electron chi connectivity index (χ4n) is 2.03. The molecule has 0 bridgehead atoms. The SMILES string of the molecule is CCC(c1cccc(C)c1)C(N)CC(=O)O. The lowest BCUT2D eigenvalue weighted by atomic mass is 9.87. The third kappa shape index (κ3) is 3.35. The van der Waals surface area contributed by atoms with Gasteiger partial charge in [0.15, 0.2) is 0 Å². The fourth-order valence-corrected chi connectivity index (χ4v) is 2.03. The normalized spacial score (nSPS) is 14.4. The number of carboxylic acid groups (broad SMARTS) is 1.